The molecule has 1 heteroatoms. The van der Waals surface area contributed by atoms with Gasteiger partial charge in [0.05, 0.1) is 6.10 Å². The monoisotopic (exact) mass is 345 g/mol. The summed E-state index contributed by atoms with van der Waals surface area (Å²) < 4.78 is 0. The third-order valence-electron chi connectivity index (χ3n) is 10.0. The van der Waals surface area contributed by atoms with Crippen LogP contribution < -0.4 is 0 Å². The van der Waals surface area contributed by atoms with Gasteiger partial charge in [0.2, 0.25) is 0 Å². The summed E-state index contributed by atoms with van der Waals surface area (Å²) in [6, 6.07) is 0. The number of rotatable bonds is 3. The van der Waals surface area contributed by atoms with Crippen molar-refractivity contribution in [1.82, 2.24) is 0 Å². The zero-order valence-corrected chi connectivity index (χ0v) is 17.2. The molecule has 4 saturated carbocycles. The second-order valence-corrected chi connectivity index (χ2v) is 10.9. The molecular formula is C24H41O. The molecule has 1 radical (unpaired) electrons. The maximum Gasteiger partial charge on any atom is 0.0936 e. The largest absolute Gasteiger partial charge is 0.387 e. The van der Waals surface area contributed by atoms with Gasteiger partial charge in [0, 0.05) is 0 Å². The van der Waals surface area contributed by atoms with E-state index in [2.05, 4.69) is 27.7 Å². The molecule has 4 aliphatic rings. The van der Waals surface area contributed by atoms with E-state index < -0.39 is 0 Å². The highest BCUT2D eigenvalue weighted by Crippen LogP contribution is 2.68. The third kappa shape index (κ3) is 2.74. The van der Waals surface area contributed by atoms with Gasteiger partial charge in [-0.2, -0.15) is 0 Å². The average Bonchev–Trinajstić information content (AvgIpc) is 2.93. The van der Waals surface area contributed by atoms with Crippen LogP contribution >= 0.6 is 0 Å². The lowest BCUT2D eigenvalue weighted by Crippen LogP contribution is -2.53. The van der Waals surface area contributed by atoms with Crippen molar-refractivity contribution in [3.05, 3.63) is 6.10 Å². The molecule has 0 amide bonds. The Morgan fingerprint density at radius 1 is 1.00 bits per heavy atom. The maximum absolute atomic E-state index is 10.1. The molecule has 0 bridgehead atoms. The first-order valence-electron chi connectivity index (χ1n) is 11.4. The maximum atomic E-state index is 10.1. The lowest BCUT2D eigenvalue weighted by molar-refractivity contribution is -0.118. The van der Waals surface area contributed by atoms with Crippen molar-refractivity contribution in [2.45, 2.75) is 98.3 Å². The average molecular weight is 346 g/mol. The van der Waals surface area contributed by atoms with Crippen molar-refractivity contribution in [2.75, 3.05) is 0 Å². The first kappa shape index (κ1) is 18.3. The van der Waals surface area contributed by atoms with E-state index in [4.69, 9.17) is 0 Å². The fraction of sp³-hybridized carbons (Fsp3) is 0.958. The van der Waals surface area contributed by atoms with Crippen LogP contribution in [0.1, 0.15) is 98.3 Å². The lowest BCUT2D eigenvalue weighted by atomic mass is 9.44. The summed E-state index contributed by atoms with van der Waals surface area (Å²) in [6.07, 6.45) is 15.6. The normalized spacial score (nSPS) is 51.5. The number of aliphatic hydroxyl groups excluding tert-OH is 1. The van der Waals surface area contributed by atoms with Crippen molar-refractivity contribution in [2.24, 2.45) is 46.3 Å². The Morgan fingerprint density at radius 3 is 2.52 bits per heavy atom. The Morgan fingerprint density at radius 2 is 1.76 bits per heavy atom. The van der Waals surface area contributed by atoms with Crippen LogP contribution in [0.25, 0.3) is 0 Å². The van der Waals surface area contributed by atoms with E-state index in [0.29, 0.717) is 10.8 Å². The fourth-order valence-electron chi connectivity index (χ4n) is 8.69. The Hall–Kier alpha value is -0.0400. The van der Waals surface area contributed by atoms with Gasteiger partial charge in [-0.15, -0.1) is 0 Å². The number of hydrogen-bond donors (Lipinski definition) is 1. The summed E-state index contributed by atoms with van der Waals surface area (Å²) in [5.74, 6) is 5.59. The summed E-state index contributed by atoms with van der Waals surface area (Å²) in [5, 5.41) is 10.1. The molecule has 0 heterocycles. The molecular weight excluding hydrogens is 304 g/mol. The summed E-state index contributed by atoms with van der Waals surface area (Å²) >= 11 is 0. The Balaban J connectivity index is 1.56. The minimum Gasteiger partial charge on any atom is -0.387 e. The zero-order chi connectivity index (χ0) is 17.8. The van der Waals surface area contributed by atoms with E-state index in [0.717, 1.165) is 54.5 Å². The predicted molar refractivity (Wildman–Crippen MR) is 104 cm³/mol. The van der Waals surface area contributed by atoms with Crippen LogP contribution in [0, 0.1) is 52.4 Å². The van der Waals surface area contributed by atoms with Gasteiger partial charge in [0.15, 0.2) is 0 Å². The number of aliphatic hydroxyl groups is 1. The molecule has 0 aromatic heterocycles. The molecule has 4 aliphatic carbocycles. The quantitative estimate of drug-likeness (QED) is 0.584. The van der Waals surface area contributed by atoms with E-state index in [1.54, 1.807) is 0 Å². The standard InChI is InChI=1S/C24H41O/c1-5-6-16(2)20-9-10-21-19-8-7-17-15-18(25)11-13-23(17,3)22(19)12-14-24(20,21)4/h16-17,19-22,25H,5-15H2,1-4H3/t16-,17?,19+,20-,21+,22+,23+,24-/m1/s1. The highest BCUT2D eigenvalue weighted by molar-refractivity contribution is 5.10. The van der Waals surface area contributed by atoms with E-state index in [1.165, 1.54) is 57.8 Å². The first-order chi connectivity index (χ1) is 11.9. The van der Waals surface area contributed by atoms with Gasteiger partial charge in [0.1, 0.15) is 0 Å². The molecule has 25 heavy (non-hydrogen) atoms. The predicted octanol–water partition coefficient (Wildman–Crippen LogP) is 6.99. The smallest absolute Gasteiger partial charge is 0.0936 e. The highest BCUT2D eigenvalue weighted by Gasteiger charge is 2.60. The summed E-state index contributed by atoms with van der Waals surface area (Å²) in [4.78, 5) is 0. The van der Waals surface area contributed by atoms with Crippen molar-refractivity contribution in [3.8, 4) is 0 Å². The van der Waals surface area contributed by atoms with Crippen molar-refractivity contribution >= 4 is 0 Å². The molecule has 1 nitrogen and oxygen atoms in total. The molecule has 4 rings (SSSR count). The van der Waals surface area contributed by atoms with Crippen LogP contribution in [0.2, 0.25) is 0 Å². The topological polar surface area (TPSA) is 20.2 Å². The van der Waals surface area contributed by atoms with Gasteiger partial charge in [-0.05, 0) is 104 Å². The van der Waals surface area contributed by atoms with Gasteiger partial charge in [-0.25, -0.2) is 0 Å². The van der Waals surface area contributed by atoms with E-state index in [1.807, 2.05) is 0 Å². The van der Waals surface area contributed by atoms with Gasteiger partial charge < -0.3 is 5.11 Å². The highest BCUT2D eigenvalue weighted by atomic mass is 16.3. The van der Waals surface area contributed by atoms with Crippen molar-refractivity contribution in [3.63, 3.8) is 0 Å². The Bertz CT molecular complexity index is 486. The molecule has 0 spiro atoms. The molecule has 4 fully saturated rings. The van der Waals surface area contributed by atoms with Crippen molar-refractivity contribution < 1.29 is 5.11 Å². The zero-order valence-electron chi connectivity index (χ0n) is 17.2. The van der Waals surface area contributed by atoms with E-state index in [9.17, 15) is 5.11 Å². The Labute approximate surface area is 156 Å². The van der Waals surface area contributed by atoms with Crippen LogP contribution in [0.5, 0.6) is 0 Å². The van der Waals surface area contributed by atoms with E-state index in [-0.39, 0.29) is 0 Å². The summed E-state index contributed by atoms with van der Waals surface area (Å²) in [7, 11) is 0. The van der Waals surface area contributed by atoms with Gasteiger partial charge in [-0.3, -0.25) is 0 Å². The molecule has 143 valence electrons. The number of fused-ring (bicyclic) bond motifs is 5. The van der Waals surface area contributed by atoms with Gasteiger partial charge in [0.25, 0.3) is 0 Å². The van der Waals surface area contributed by atoms with Crippen LogP contribution in [0.4, 0.5) is 0 Å². The number of hydrogen-bond acceptors (Lipinski definition) is 1. The summed E-state index contributed by atoms with van der Waals surface area (Å²) in [6.45, 7) is 10.2. The van der Waals surface area contributed by atoms with Crippen LogP contribution in [0.3, 0.4) is 0 Å². The molecule has 1 N–H and O–H groups in total. The molecule has 0 aromatic rings. The molecule has 0 aliphatic heterocycles. The van der Waals surface area contributed by atoms with Crippen LogP contribution in [-0.4, -0.2) is 5.11 Å². The third-order valence-corrected chi connectivity index (χ3v) is 10.0. The van der Waals surface area contributed by atoms with Crippen LogP contribution in [-0.2, 0) is 0 Å². The molecule has 0 aromatic carbocycles. The SMILES string of the molecule is CCC[C@@H](C)[C@H]1CC[C@H]2[C@@H]3CCC4C[C](O)CC[C@]4(C)[C@H]3CC[C@]12C. The molecule has 1 unspecified atom stereocenters. The van der Waals surface area contributed by atoms with Crippen molar-refractivity contribution in [1.29, 1.82) is 0 Å². The first-order valence-corrected chi connectivity index (χ1v) is 11.4. The van der Waals surface area contributed by atoms with Gasteiger partial charge >= 0.3 is 0 Å². The minimum absolute atomic E-state index is 0.517. The van der Waals surface area contributed by atoms with Crippen LogP contribution in [0.15, 0.2) is 0 Å². The molecule has 8 atom stereocenters. The second-order valence-electron chi connectivity index (χ2n) is 10.9. The fourth-order valence-corrected chi connectivity index (χ4v) is 8.69. The van der Waals surface area contributed by atoms with Gasteiger partial charge in [-0.1, -0.05) is 40.5 Å². The lowest BCUT2D eigenvalue weighted by Gasteiger charge is -2.61. The second kappa shape index (κ2) is 6.54. The minimum atomic E-state index is 0.517. The summed E-state index contributed by atoms with van der Waals surface area (Å²) in [5.41, 5.74) is 1.14. The molecule has 0 saturated heterocycles. The van der Waals surface area contributed by atoms with E-state index >= 15 is 0 Å². The Kier molecular flexibility index (Phi) is 4.79.